The van der Waals surface area contributed by atoms with Crippen LogP contribution in [-0.2, 0) is 0 Å². The number of fused-ring (bicyclic) bond motifs is 1. The summed E-state index contributed by atoms with van der Waals surface area (Å²) in [7, 11) is 0. The molecule has 1 aliphatic carbocycles. The Kier molecular flexibility index (Phi) is 3.63. The van der Waals surface area contributed by atoms with Gasteiger partial charge in [-0.3, -0.25) is 4.79 Å². The fourth-order valence-electron chi connectivity index (χ4n) is 4.23. The Morgan fingerprint density at radius 2 is 2.18 bits per heavy atom. The number of anilines is 1. The van der Waals surface area contributed by atoms with Gasteiger partial charge in [0.1, 0.15) is 17.8 Å². The predicted molar refractivity (Wildman–Crippen MR) is 105 cm³/mol. The van der Waals surface area contributed by atoms with Crippen LogP contribution < -0.4 is 4.90 Å². The molecule has 1 unspecified atom stereocenters. The van der Waals surface area contributed by atoms with Crippen LogP contribution >= 0.6 is 0 Å². The van der Waals surface area contributed by atoms with Gasteiger partial charge in [0.25, 0.3) is 5.91 Å². The molecule has 2 aliphatic rings. The molecule has 1 aliphatic heterocycles. The molecule has 7 nitrogen and oxygen atoms in total. The molecule has 0 radical (unpaired) electrons. The van der Waals surface area contributed by atoms with Crippen LogP contribution in [0, 0.1) is 11.3 Å². The van der Waals surface area contributed by atoms with Crippen molar-refractivity contribution in [3.05, 3.63) is 54.0 Å². The first kappa shape index (κ1) is 16.8. The van der Waals surface area contributed by atoms with Gasteiger partial charge in [-0.1, -0.05) is 6.07 Å². The SMILES string of the molecule is CC1CN(C(=O)c2cccc(C#N)c2)C2(CC2)CN1c1ncnc2[nH]ccc12. The molecule has 1 N–H and O–H groups in total. The third kappa shape index (κ3) is 2.53. The number of nitrogens with one attached hydrogen (secondary N) is 1. The molecule has 28 heavy (non-hydrogen) atoms. The normalized spacial score (nSPS) is 20.4. The van der Waals surface area contributed by atoms with Crippen molar-refractivity contribution < 1.29 is 4.79 Å². The summed E-state index contributed by atoms with van der Waals surface area (Å²) in [5.41, 5.74) is 1.77. The van der Waals surface area contributed by atoms with Gasteiger partial charge in [-0.2, -0.15) is 5.26 Å². The Hall–Kier alpha value is -3.40. The Morgan fingerprint density at radius 3 is 2.96 bits per heavy atom. The number of hydrogen-bond donors (Lipinski definition) is 1. The number of aromatic amines is 1. The van der Waals surface area contributed by atoms with E-state index in [1.54, 1.807) is 30.6 Å². The number of H-pyrrole nitrogens is 1. The fraction of sp³-hybridized carbons (Fsp3) is 0.333. The first-order chi connectivity index (χ1) is 13.6. The highest BCUT2D eigenvalue weighted by Crippen LogP contribution is 2.47. The van der Waals surface area contributed by atoms with Crippen LogP contribution in [0.15, 0.2) is 42.9 Å². The van der Waals surface area contributed by atoms with Gasteiger partial charge in [0.15, 0.2) is 0 Å². The number of nitriles is 1. The molecule has 140 valence electrons. The second-order valence-electron chi connectivity index (χ2n) is 7.75. The van der Waals surface area contributed by atoms with E-state index in [1.165, 1.54) is 0 Å². The summed E-state index contributed by atoms with van der Waals surface area (Å²) in [4.78, 5) is 29.6. The molecule has 5 rings (SSSR count). The van der Waals surface area contributed by atoms with Crippen LogP contribution in [-0.4, -0.2) is 50.4 Å². The lowest BCUT2D eigenvalue weighted by atomic mass is 10.0. The Morgan fingerprint density at radius 1 is 1.32 bits per heavy atom. The monoisotopic (exact) mass is 372 g/mol. The second-order valence-corrected chi connectivity index (χ2v) is 7.75. The summed E-state index contributed by atoms with van der Waals surface area (Å²) in [6, 6.07) is 11.2. The minimum absolute atomic E-state index is 0.00980. The second kappa shape index (κ2) is 6.06. The summed E-state index contributed by atoms with van der Waals surface area (Å²) in [5.74, 6) is 0.930. The van der Waals surface area contributed by atoms with E-state index in [0.717, 1.165) is 36.2 Å². The van der Waals surface area contributed by atoms with Gasteiger partial charge < -0.3 is 14.8 Å². The molecule has 1 spiro atoms. The lowest BCUT2D eigenvalue weighted by Crippen LogP contribution is -2.61. The molecule has 0 bridgehead atoms. The predicted octanol–water partition coefficient (Wildman–Crippen LogP) is 2.71. The van der Waals surface area contributed by atoms with Crippen LogP contribution in [0.2, 0.25) is 0 Å². The van der Waals surface area contributed by atoms with E-state index in [4.69, 9.17) is 5.26 Å². The quantitative estimate of drug-likeness (QED) is 0.747. The lowest BCUT2D eigenvalue weighted by molar-refractivity contribution is 0.0588. The highest BCUT2D eigenvalue weighted by Gasteiger charge is 2.55. The van der Waals surface area contributed by atoms with E-state index in [0.29, 0.717) is 17.7 Å². The van der Waals surface area contributed by atoms with E-state index in [1.807, 2.05) is 17.2 Å². The summed E-state index contributed by atoms with van der Waals surface area (Å²) in [6.45, 7) is 3.52. The van der Waals surface area contributed by atoms with Gasteiger partial charge in [-0.05, 0) is 44.0 Å². The van der Waals surface area contributed by atoms with Gasteiger partial charge in [-0.25, -0.2) is 9.97 Å². The van der Waals surface area contributed by atoms with E-state index in [-0.39, 0.29) is 17.5 Å². The molecule has 7 heteroatoms. The topological polar surface area (TPSA) is 88.9 Å². The van der Waals surface area contributed by atoms with Gasteiger partial charge >= 0.3 is 0 Å². The number of aromatic nitrogens is 3. The highest BCUT2D eigenvalue weighted by molar-refractivity contribution is 5.96. The molecule has 2 fully saturated rings. The lowest BCUT2D eigenvalue weighted by Gasteiger charge is -2.46. The van der Waals surface area contributed by atoms with Gasteiger partial charge in [0.2, 0.25) is 0 Å². The van der Waals surface area contributed by atoms with Crippen LogP contribution in [0.3, 0.4) is 0 Å². The molecule has 3 heterocycles. The largest absolute Gasteiger partial charge is 0.349 e. The van der Waals surface area contributed by atoms with Crippen molar-refractivity contribution in [3.8, 4) is 6.07 Å². The van der Waals surface area contributed by atoms with Crippen molar-refractivity contribution in [1.29, 1.82) is 5.26 Å². The maximum absolute atomic E-state index is 13.3. The van der Waals surface area contributed by atoms with E-state index in [9.17, 15) is 4.79 Å². The number of carbonyl (C=O) groups is 1. The van der Waals surface area contributed by atoms with Crippen LogP contribution in [0.5, 0.6) is 0 Å². The Labute approximate surface area is 162 Å². The average molecular weight is 372 g/mol. The van der Waals surface area contributed by atoms with Crippen LogP contribution in [0.4, 0.5) is 5.82 Å². The van der Waals surface area contributed by atoms with Crippen LogP contribution in [0.25, 0.3) is 11.0 Å². The molecule has 1 saturated heterocycles. The number of carbonyl (C=O) groups excluding carboxylic acids is 1. The molecule has 2 aromatic heterocycles. The molecule has 1 saturated carbocycles. The van der Waals surface area contributed by atoms with Crippen molar-refractivity contribution in [2.24, 2.45) is 0 Å². The zero-order valence-electron chi connectivity index (χ0n) is 15.6. The first-order valence-corrected chi connectivity index (χ1v) is 9.48. The third-order valence-corrected chi connectivity index (χ3v) is 5.93. The third-order valence-electron chi connectivity index (χ3n) is 5.93. The number of nitrogens with zero attached hydrogens (tertiary/aromatic N) is 5. The maximum atomic E-state index is 13.3. The maximum Gasteiger partial charge on any atom is 0.254 e. The molecule has 3 aromatic rings. The molecular formula is C21H20N6O. The zero-order valence-corrected chi connectivity index (χ0v) is 15.6. The Bertz CT molecular complexity index is 1110. The summed E-state index contributed by atoms with van der Waals surface area (Å²) >= 11 is 0. The summed E-state index contributed by atoms with van der Waals surface area (Å²) in [6.07, 6.45) is 5.44. The van der Waals surface area contributed by atoms with E-state index >= 15 is 0 Å². The number of piperazine rings is 1. The molecule has 1 amide bonds. The molecule has 1 aromatic carbocycles. The van der Waals surface area contributed by atoms with Gasteiger partial charge in [-0.15, -0.1) is 0 Å². The van der Waals surface area contributed by atoms with Crippen molar-refractivity contribution in [1.82, 2.24) is 19.9 Å². The van der Waals surface area contributed by atoms with Crippen molar-refractivity contribution in [3.63, 3.8) is 0 Å². The van der Waals surface area contributed by atoms with E-state index in [2.05, 4.69) is 32.8 Å². The fourth-order valence-corrected chi connectivity index (χ4v) is 4.23. The van der Waals surface area contributed by atoms with Crippen molar-refractivity contribution in [2.45, 2.75) is 31.3 Å². The zero-order chi connectivity index (χ0) is 19.3. The van der Waals surface area contributed by atoms with Crippen LogP contribution in [0.1, 0.15) is 35.7 Å². The van der Waals surface area contributed by atoms with Gasteiger partial charge in [0, 0.05) is 30.9 Å². The van der Waals surface area contributed by atoms with Crippen molar-refractivity contribution in [2.75, 3.05) is 18.0 Å². The highest BCUT2D eigenvalue weighted by atomic mass is 16.2. The average Bonchev–Trinajstić information content (AvgIpc) is 3.32. The van der Waals surface area contributed by atoms with Crippen molar-refractivity contribution >= 4 is 22.8 Å². The van der Waals surface area contributed by atoms with E-state index < -0.39 is 0 Å². The number of amides is 1. The summed E-state index contributed by atoms with van der Waals surface area (Å²) in [5, 5.41) is 10.2. The Balaban J connectivity index is 1.47. The molecular weight excluding hydrogens is 352 g/mol. The summed E-state index contributed by atoms with van der Waals surface area (Å²) < 4.78 is 0. The van der Waals surface area contributed by atoms with Gasteiger partial charge in [0.05, 0.1) is 22.6 Å². The smallest absolute Gasteiger partial charge is 0.254 e. The standard InChI is InChI=1S/C21H20N6O/c1-14-11-27(20(28)16-4-2-3-15(9-16)10-22)21(6-7-21)12-26(14)19-17-5-8-23-18(17)24-13-25-19/h2-5,8-9,13-14H,6-7,11-12H2,1H3,(H,23,24,25). The number of rotatable bonds is 2. The minimum Gasteiger partial charge on any atom is -0.349 e. The minimum atomic E-state index is -0.153. The first-order valence-electron chi connectivity index (χ1n) is 9.48. The number of hydrogen-bond acceptors (Lipinski definition) is 5. The number of benzene rings is 1. The molecule has 1 atom stereocenters.